The Morgan fingerprint density at radius 2 is 2.00 bits per heavy atom. The lowest BCUT2D eigenvalue weighted by atomic mass is 9.90. The molecule has 7 nitrogen and oxygen atoms in total. The van der Waals surface area contributed by atoms with Crippen molar-refractivity contribution in [3.63, 3.8) is 0 Å². The minimum atomic E-state index is 0.172. The molecular weight excluding hydrogens is 402 g/mol. The zero-order valence-corrected chi connectivity index (χ0v) is 19.8. The number of amides is 1. The Balaban J connectivity index is 0.000000274. The van der Waals surface area contributed by atoms with Crippen LogP contribution in [-0.2, 0) is 16.0 Å². The number of carbonyl (C=O) groups is 2. The number of nitrogens with two attached hydrogens (primary N) is 1. The molecule has 1 amide bonds. The lowest BCUT2D eigenvalue weighted by Gasteiger charge is -2.32. The predicted molar refractivity (Wildman–Crippen MR) is 130 cm³/mol. The van der Waals surface area contributed by atoms with E-state index in [0.29, 0.717) is 11.9 Å². The molecule has 2 aliphatic heterocycles. The van der Waals surface area contributed by atoms with Gasteiger partial charge in [0.05, 0.1) is 0 Å². The predicted octanol–water partition coefficient (Wildman–Crippen LogP) is 3.52. The summed E-state index contributed by atoms with van der Waals surface area (Å²) in [4.78, 5) is 32.0. The van der Waals surface area contributed by atoms with E-state index in [2.05, 4.69) is 53.1 Å². The highest BCUT2D eigenvalue weighted by molar-refractivity contribution is 5.76. The fourth-order valence-corrected chi connectivity index (χ4v) is 4.01. The van der Waals surface area contributed by atoms with Crippen LogP contribution in [0.15, 0.2) is 36.5 Å². The van der Waals surface area contributed by atoms with Gasteiger partial charge in [0.25, 0.3) is 0 Å². The molecule has 0 saturated heterocycles. The van der Waals surface area contributed by atoms with E-state index in [4.69, 9.17) is 10.5 Å². The molecule has 1 aromatic heterocycles. The van der Waals surface area contributed by atoms with Crippen LogP contribution >= 0.6 is 0 Å². The van der Waals surface area contributed by atoms with Crippen molar-refractivity contribution in [1.29, 1.82) is 0 Å². The van der Waals surface area contributed by atoms with Crippen LogP contribution in [0.1, 0.15) is 44.0 Å². The molecule has 4 rings (SSSR count). The van der Waals surface area contributed by atoms with Gasteiger partial charge in [0, 0.05) is 51.2 Å². The quantitative estimate of drug-likeness (QED) is 0.686. The first-order chi connectivity index (χ1) is 15.2. The zero-order valence-electron chi connectivity index (χ0n) is 19.8. The SMILES string of the molecule is CC(=O)N1CC=C(c2ccc3c(c2)CC(C)CN3C)CC1.CC=O.Cc1ccnc(N)n1. The highest BCUT2D eigenvalue weighted by Crippen LogP contribution is 2.32. The number of hydrogen-bond acceptors (Lipinski definition) is 6. The van der Waals surface area contributed by atoms with Gasteiger partial charge in [-0.15, -0.1) is 0 Å². The van der Waals surface area contributed by atoms with Gasteiger partial charge in [0.15, 0.2) is 0 Å². The van der Waals surface area contributed by atoms with E-state index in [1.165, 1.54) is 35.7 Å². The summed E-state index contributed by atoms with van der Waals surface area (Å²) in [6.45, 7) is 10.0. The van der Waals surface area contributed by atoms with E-state index in [1.807, 2.05) is 11.8 Å². The number of rotatable bonds is 1. The molecule has 2 N–H and O–H groups in total. The summed E-state index contributed by atoms with van der Waals surface area (Å²) in [5.41, 5.74) is 11.7. The van der Waals surface area contributed by atoms with Crippen LogP contribution in [0.5, 0.6) is 0 Å². The first kappa shape index (κ1) is 25.0. The van der Waals surface area contributed by atoms with Crippen molar-refractivity contribution in [1.82, 2.24) is 14.9 Å². The van der Waals surface area contributed by atoms with Gasteiger partial charge in [-0.25, -0.2) is 9.97 Å². The number of carbonyl (C=O) groups excluding carboxylic acids is 2. The number of nitrogen functional groups attached to an aromatic ring is 1. The van der Waals surface area contributed by atoms with Crippen LogP contribution in [0, 0.1) is 12.8 Å². The van der Waals surface area contributed by atoms with Crippen molar-refractivity contribution in [3.05, 3.63) is 53.4 Å². The van der Waals surface area contributed by atoms with Gasteiger partial charge in [-0.1, -0.05) is 19.1 Å². The second-order valence-electron chi connectivity index (χ2n) is 8.27. The van der Waals surface area contributed by atoms with Gasteiger partial charge >= 0.3 is 0 Å². The molecule has 2 aliphatic rings. The van der Waals surface area contributed by atoms with E-state index in [1.54, 1.807) is 19.2 Å². The summed E-state index contributed by atoms with van der Waals surface area (Å²) in [6.07, 6.45) is 6.73. The topological polar surface area (TPSA) is 92.4 Å². The lowest BCUT2D eigenvalue weighted by molar-refractivity contribution is -0.128. The Morgan fingerprint density at radius 1 is 1.28 bits per heavy atom. The number of aromatic nitrogens is 2. The van der Waals surface area contributed by atoms with E-state index >= 15 is 0 Å². The summed E-state index contributed by atoms with van der Waals surface area (Å²) in [6, 6.07) is 8.66. The second kappa shape index (κ2) is 12.0. The minimum Gasteiger partial charge on any atom is -0.374 e. The van der Waals surface area contributed by atoms with Crippen molar-refractivity contribution in [2.75, 3.05) is 37.3 Å². The molecule has 1 aromatic carbocycles. The molecule has 0 spiro atoms. The zero-order chi connectivity index (χ0) is 23.7. The number of anilines is 2. The van der Waals surface area contributed by atoms with Crippen molar-refractivity contribution in [2.45, 2.75) is 40.5 Å². The Kier molecular flexibility index (Phi) is 9.38. The second-order valence-corrected chi connectivity index (χ2v) is 8.27. The lowest BCUT2D eigenvalue weighted by Crippen LogP contribution is -2.32. The first-order valence-corrected chi connectivity index (χ1v) is 11.0. The third kappa shape index (κ3) is 7.18. The summed E-state index contributed by atoms with van der Waals surface area (Å²) in [5.74, 6) is 1.22. The van der Waals surface area contributed by atoms with Gasteiger partial charge < -0.3 is 20.3 Å². The van der Waals surface area contributed by atoms with E-state index in [-0.39, 0.29) is 5.91 Å². The van der Waals surface area contributed by atoms with Gasteiger partial charge in [0.1, 0.15) is 6.29 Å². The normalized spacial score (nSPS) is 17.0. The first-order valence-electron chi connectivity index (χ1n) is 11.0. The Labute approximate surface area is 191 Å². The highest BCUT2D eigenvalue weighted by Gasteiger charge is 2.21. The molecule has 172 valence electrons. The fraction of sp³-hybridized carbons (Fsp3) is 0.440. The summed E-state index contributed by atoms with van der Waals surface area (Å²) >= 11 is 0. The highest BCUT2D eigenvalue weighted by atomic mass is 16.2. The van der Waals surface area contributed by atoms with Gasteiger partial charge in [-0.2, -0.15) is 0 Å². The number of hydrogen-bond donors (Lipinski definition) is 1. The molecule has 3 heterocycles. The van der Waals surface area contributed by atoms with Crippen LogP contribution in [0.4, 0.5) is 11.6 Å². The Bertz CT molecular complexity index is 940. The van der Waals surface area contributed by atoms with Crippen molar-refractivity contribution in [2.24, 2.45) is 5.92 Å². The van der Waals surface area contributed by atoms with Crippen LogP contribution < -0.4 is 10.6 Å². The number of fused-ring (bicyclic) bond motifs is 1. The summed E-state index contributed by atoms with van der Waals surface area (Å²) in [5, 5.41) is 0. The smallest absolute Gasteiger partial charge is 0.220 e. The van der Waals surface area contributed by atoms with Crippen LogP contribution in [0.3, 0.4) is 0 Å². The molecular formula is C25H35N5O2. The molecule has 0 saturated carbocycles. The molecule has 1 atom stereocenters. The maximum atomic E-state index is 11.4. The van der Waals surface area contributed by atoms with Crippen LogP contribution in [0.25, 0.3) is 5.57 Å². The molecule has 1 unspecified atom stereocenters. The minimum absolute atomic E-state index is 0.172. The van der Waals surface area contributed by atoms with Gasteiger partial charge in [-0.05, 0) is 67.5 Å². The largest absolute Gasteiger partial charge is 0.374 e. The molecule has 0 fully saturated rings. The average molecular weight is 438 g/mol. The number of benzene rings is 1. The van der Waals surface area contributed by atoms with Gasteiger partial charge in [-0.3, -0.25) is 4.79 Å². The van der Waals surface area contributed by atoms with Crippen LogP contribution in [0.2, 0.25) is 0 Å². The maximum absolute atomic E-state index is 11.4. The molecule has 32 heavy (non-hydrogen) atoms. The maximum Gasteiger partial charge on any atom is 0.220 e. The third-order valence-electron chi connectivity index (χ3n) is 5.48. The molecule has 0 aliphatic carbocycles. The van der Waals surface area contributed by atoms with Crippen molar-refractivity contribution in [3.8, 4) is 0 Å². The summed E-state index contributed by atoms with van der Waals surface area (Å²) < 4.78 is 0. The standard InChI is InChI=1S/C18H24N2O.C5H7N3.C2H4O/c1-13-10-17-11-16(4-5-18(17)19(3)12-13)15-6-8-20(9-7-15)14(2)21;1-4-2-3-7-5(6)8-4;1-2-3/h4-6,11,13H,7-10,12H2,1-3H3;2-3H,1H3,(H2,6,7,8);2H,1H3. The molecule has 7 heteroatoms. The fourth-order valence-electron chi connectivity index (χ4n) is 4.01. The monoisotopic (exact) mass is 437 g/mol. The number of nitrogens with zero attached hydrogens (tertiary/aromatic N) is 4. The third-order valence-corrected chi connectivity index (χ3v) is 5.48. The van der Waals surface area contributed by atoms with E-state index < -0.39 is 0 Å². The van der Waals surface area contributed by atoms with E-state index in [9.17, 15) is 4.79 Å². The average Bonchev–Trinajstić information content (AvgIpc) is 2.74. The van der Waals surface area contributed by atoms with Crippen molar-refractivity contribution >= 4 is 29.4 Å². The Hall–Kier alpha value is -3.22. The van der Waals surface area contributed by atoms with Gasteiger partial charge in [0.2, 0.25) is 11.9 Å². The molecule has 0 bridgehead atoms. The van der Waals surface area contributed by atoms with E-state index in [0.717, 1.165) is 38.0 Å². The number of aryl methyl sites for hydroxylation is 1. The van der Waals surface area contributed by atoms with Crippen molar-refractivity contribution < 1.29 is 9.59 Å². The Morgan fingerprint density at radius 3 is 2.53 bits per heavy atom. The molecule has 0 radical (unpaired) electrons. The summed E-state index contributed by atoms with van der Waals surface area (Å²) in [7, 11) is 2.18. The number of aldehydes is 1. The molecule has 2 aromatic rings. The van der Waals surface area contributed by atoms with Crippen LogP contribution in [-0.4, -0.2) is 53.7 Å².